The van der Waals surface area contributed by atoms with Gasteiger partial charge in [0.1, 0.15) is 35.5 Å². The third-order valence-electron chi connectivity index (χ3n) is 6.27. The lowest BCUT2D eigenvalue weighted by Crippen LogP contribution is -2.33. The summed E-state index contributed by atoms with van der Waals surface area (Å²) in [7, 11) is -4.30. The van der Waals surface area contributed by atoms with Crippen LogP contribution in [0.1, 0.15) is 38.6 Å². The van der Waals surface area contributed by atoms with Gasteiger partial charge in [-0.05, 0) is 38.5 Å². The van der Waals surface area contributed by atoms with Crippen LogP contribution in [0.2, 0.25) is 5.15 Å². The summed E-state index contributed by atoms with van der Waals surface area (Å²) in [4.78, 5) is 22.8. The number of pyridine rings is 1. The molecular formula is C24H29ClN3O7P. The average Bonchev–Trinajstić information content (AvgIpc) is 3.44. The molecule has 36 heavy (non-hydrogen) atoms. The topological polar surface area (TPSA) is 124 Å². The van der Waals surface area contributed by atoms with Gasteiger partial charge >= 0.3 is 7.60 Å². The van der Waals surface area contributed by atoms with Crippen molar-refractivity contribution in [1.29, 1.82) is 0 Å². The smallest absolute Gasteiger partial charge is 0.350 e. The lowest BCUT2D eigenvalue weighted by atomic mass is 10.1. The number of rotatable bonds is 8. The summed E-state index contributed by atoms with van der Waals surface area (Å²) in [6.45, 7) is 5.64. The first-order valence-corrected chi connectivity index (χ1v) is 13.8. The summed E-state index contributed by atoms with van der Waals surface area (Å²) >= 11 is 6.43. The Morgan fingerprint density at radius 1 is 1.22 bits per heavy atom. The Kier molecular flexibility index (Phi) is 6.91. The standard InChI is InChI=1S/C24H29ClN3O7P/c1-14(15-7-5-4-6-8-15)26-17-11-19(25)27-22-16(17)9-10-28(22)23-21-20(34-24(2,3)35-21)18(33-23)12-32-13-36(29,30)31/h4-11,14,18,20-21,23H,12-13H2,1-3H3,(H,26,27)(H2,29,30,31)/t14-,18-,20-,21-,23-/m1/s1. The molecule has 4 heterocycles. The number of hydrogen-bond acceptors (Lipinski definition) is 7. The van der Waals surface area contributed by atoms with E-state index >= 15 is 0 Å². The van der Waals surface area contributed by atoms with Crippen molar-refractivity contribution in [1.82, 2.24) is 9.55 Å². The number of hydrogen-bond donors (Lipinski definition) is 3. The molecule has 3 aromatic rings. The molecule has 5 rings (SSSR count). The molecule has 0 unspecified atom stereocenters. The van der Waals surface area contributed by atoms with Crippen LogP contribution in [0.5, 0.6) is 0 Å². The van der Waals surface area contributed by atoms with Crippen LogP contribution < -0.4 is 5.32 Å². The predicted octanol–water partition coefficient (Wildman–Crippen LogP) is 4.43. The van der Waals surface area contributed by atoms with Gasteiger partial charge in [0.2, 0.25) is 0 Å². The van der Waals surface area contributed by atoms with E-state index in [0.29, 0.717) is 10.8 Å². The van der Waals surface area contributed by atoms with Crippen LogP contribution in [0.15, 0.2) is 48.7 Å². The van der Waals surface area contributed by atoms with E-state index in [2.05, 4.69) is 29.4 Å². The Bertz CT molecular complexity index is 1280. The summed E-state index contributed by atoms with van der Waals surface area (Å²) in [6, 6.07) is 13.9. The van der Waals surface area contributed by atoms with Crippen LogP contribution in [0.25, 0.3) is 11.0 Å². The average molecular weight is 538 g/mol. The summed E-state index contributed by atoms with van der Waals surface area (Å²) in [5.74, 6) is -0.856. The van der Waals surface area contributed by atoms with Crippen molar-refractivity contribution in [2.75, 3.05) is 18.3 Å². The van der Waals surface area contributed by atoms with Gasteiger partial charge in [-0.15, -0.1) is 0 Å². The van der Waals surface area contributed by atoms with Gasteiger partial charge in [0.25, 0.3) is 0 Å². The minimum atomic E-state index is -4.30. The van der Waals surface area contributed by atoms with E-state index in [1.807, 2.05) is 48.9 Å². The molecule has 12 heteroatoms. The Morgan fingerprint density at radius 3 is 2.67 bits per heavy atom. The zero-order valence-electron chi connectivity index (χ0n) is 20.1. The first-order chi connectivity index (χ1) is 17.0. The van der Waals surface area contributed by atoms with E-state index in [9.17, 15) is 4.57 Å². The predicted molar refractivity (Wildman–Crippen MR) is 134 cm³/mol. The van der Waals surface area contributed by atoms with Crippen molar-refractivity contribution in [2.45, 2.75) is 57.1 Å². The second-order valence-corrected chi connectivity index (χ2v) is 11.5. The highest BCUT2D eigenvalue weighted by atomic mass is 35.5. The Morgan fingerprint density at radius 2 is 1.94 bits per heavy atom. The zero-order valence-corrected chi connectivity index (χ0v) is 21.7. The fourth-order valence-electron chi connectivity index (χ4n) is 4.79. The SMILES string of the molecule is C[C@@H](Nc1cc(Cl)nc2c1ccn2[C@@H]1O[C@H](COCP(=O)(O)O)[C@H]2OC(C)(C)O[C@H]21)c1ccccc1. The second-order valence-electron chi connectivity index (χ2n) is 9.52. The van der Waals surface area contributed by atoms with Crippen LogP contribution in [-0.4, -0.2) is 56.4 Å². The number of nitrogens with zero attached hydrogens (tertiary/aromatic N) is 2. The molecule has 2 aliphatic rings. The van der Waals surface area contributed by atoms with Gasteiger partial charge in [-0.3, -0.25) is 4.57 Å². The largest absolute Gasteiger partial charge is 0.378 e. The number of anilines is 1. The molecule has 194 valence electrons. The number of benzene rings is 1. The van der Waals surface area contributed by atoms with Gasteiger partial charge in [-0.2, -0.15) is 0 Å². The van der Waals surface area contributed by atoms with Crippen molar-refractivity contribution in [3.63, 3.8) is 0 Å². The van der Waals surface area contributed by atoms with E-state index in [1.54, 1.807) is 6.07 Å². The maximum absolute atomic E-state index is 11.2. The minimum absolute atomic E-state index is 0.0336. The van der Waals surface area contributed by atoms with Crippen molar-refractivity contribution in [2.24, 2.45) is 0 Å². The van der Waals surface area contributed by atoms with Gasteiger partial charge in [0.05, 0.1) is 6.61 Å². The molecule has 3 N–H and O–H groups in total. The molecular weight excluding hydrogens is 509 g/mol. The Labute approximate surface area is 213 Å². The normalized spacial score (nSPS) is 26.3. The Hall–Kier alpha value is -2.01. The van der Waals surface area contributed by atoms with Crippen LogP contribution in [0.4, 0.5) is 5.69 Å². The molecule has 0 radical (unpaired) electrons. The van der Waals surface area contributed by atoms with Crippen molar-refractivity contribution < 1.29 is 33.3 Å². The molecule has 1 aromatic carbocycles. The third-order valence-corrected chi connectivity index (χ3v) is 6.98. The highest BCUT2D eigenvalue weighted by Gasteiger charge is 2.56. The van der Waals surface area contributed by atoms with Gasteiger partial charge in [-0.1, -0.05) is 41.9 Å². The Balaban J connectivity index is 1.43. The summed E-state index contributed by atoms with van der Waals surface area (Å²) in [5.41, 5.74) is 2.58. The molecule has 10 nitrogen and oxygen atoms in total. The maximum atomic E-state index is 11.2. The number of halogens is 1. The fraction of sp³-hybridized carbons (Fsp3) is 0.458. The molecule has 0 bridgehead atoms. The molecule has 0 amide bonds. The van der Waals surface area contributed by atoms with Crippen LogP contribution in [-0.2, 0) is 23.5 Å². The first-order valence-electron chi connectivity index (χ1n) is 11.6. The lowest BCUT2D eigenvalue weighted by Gasteiger charge is -2.25. The van der Waals surface area contributed by atoms with Gasteiger partial charge in [-0.25, -0.2) is 4.98 Å². The van der Waals surface area contributed by atoms with E-state index < -0.39 is 44.3 Å². The van der Waals surface area contributed by atoms with Crippen molar-refractivity contribution in [3.8, 4) is 0 Å². The number of fused-ring (bicyclic) bond motifs is 2. The quantitative estimate of drug-likeness (QED) is 0.282. The van der Waals surface area contributed by atoms with E-state index in [-0.39, 0.29) is 12.6 Å². The highest BCUT2D eigenvalue weighted by molar-refractivity contribution is 7.51. The molecule has 0 aliphatic carbocycles. The van der Waals surface area contributed by atoms with E-state index in [4.69, 9.17) is 40.3 Å². The van der Waals surface area contributed by atoms with Crippen molar-refractivity contribution in [3.05, 3.63) is 59.4 Å². The number of nitrogens with one attached hydrogen (secondary N) is 1. The van der Waals surface area contributed by atoms with E-state index in [0.717, 1.165) is 16.6 Å². The molecule has 5 atom stereocenters. The van der Waals surface area contributed by atoms with Crippen LogP contribution in [0.3, 0.4) is 0 Å². The molecule has 2 saturated heterocycles. The van der Waals surface area contributed by atoms with Crippen LogP contribution in [0, 0.1) is 0 Å². The minimum Gasteiger partial charge on any atom is -0.378 e. The summed E-state index contributed by atoms with van der Waals surface area (Å²) < 4.78 is 36.8. The molecule has 2 aromatic heterocycles. The van der Waals surface area contributed by atoms with Crippen LogP contribution >= 0.6 is 19.2 Å². The van der Waals surface area contributed by atoms with E-state index in [1.165, 1.54) is 0 Å². The summed E-state index contributed by atoms with van der Waals surface area (Å²) in [5, 5.41) is 4.71. The zero-order chi connectivity index (χ0) is 25.7. The second kappa shape index (κ2) is 9.70. The maximum Gasteiger partial charge on any atom is 0.350 e. The third kappa shape index (κ3) is 5.32. The van der Waals surface area contributed by atoms with Gasteiger partial charge in [0, 0.05) is 23.3 Å². The molecule has 2 fully saturated rings. The fourth-order valence-corrected chi connectivity index (χ4v) is 5.32. The summed E-state index contributed by atoms with van der Waals surface area (Å²) in [6.07, 6.45) is -1.02. The number of ether oxygens (including phenoxy) is 4. The first kappa shape index (κ1) is 25.6. The molecule has 0 spiro atoms. The number of aromatic nitrogens is 2. The molecule has 0 saturated carbocycles. The molecule has 2 aliphatic heterocycles. The monoisotopic (exact) mass is 537 g/mol. The van der Waals surface area contributed by atoms with Gasteiger partial charge < -0.3 is 38.6 Å². The van der Waals surface area contributed by atoms with Crippen molar-refractivity contribution >= 4 is 35.9 Å². The lowest BCUT2D eigenvalue weighted by molar-refractivity contribution is -0.201. The van der Waals surface area contributed by atoms with Gasteiger partial charge in [0.15, 0.2) is 12.0 Å². The highest BCUT2D eigenvalue weighted by Crippen LogP contribution is 2.45.